The molecule has 0 unspecified atom stereocenters. The Morgan fingerprint density at radius 2 is 1.96 bits per heavy atom. The molecule has 3 aliphatic heterocycles. The number of rotatable bonds is 2. The van der Waals surface area contributed by atoms with Gasteiger partial charge in [-0.25, -0.2) is 0 Å². The normalized spacial score (nSPS) is 33.8. The molecule has 26 heavy (non-hydrogen) atoms. The van der Waals surface area contributed by atoms with Gasteiger partial charge >= 0.3 is 0 Å². The van der Waals surface area contributed by atoms with E-state index in [2.05, 4.69) is 11.1 Å². The maximum absolute atomic E-state index is 13.1. The van der Waals surface area contributed by atoms with Crippen molar-refractivity contribution in [3.63, 3.8) is 0 Å². The highest BCUT2D eigenvalue weighted by Crippen LogP contribution is 2.49. The fourth-order valence-corrected chi connectivity index (χ4v) is 5.32. The highest BCUT2D eigenvalue weighted by Gasteiger charge is 2.49. The molecule has 4 heterocycles. The van der Waals surface area contributed by atoms with Crippen LogP contribution in [0.25, 0.3) is 0 Å². The predicted molar refractivity (Wildman–Crippen MR) is 97.4 cm³/mol. The number of carbonyl (C=O) groups is 2. The van der Waals surface area contributed by atoms with Crippen molar-refractivity contribution < 1.29 is 9.59 Å². The van der Waals surface area contributed by atoms with E-state index in [4.69, 9.17) is 0 Å². The molecule has 5 nitrogen and oxygen atoms in total. The minimum Gasteiger partial charge on any atom is -0.339 e. The van der Waals surface area contributed by atoms with Gasteiger partial charge in [0.15, 0.2) is 0 Å². The summed E-state index contributed by atoms with van der Waals surface area (Å²) >= 11 is 0. The topological polar surface area (TPSA) is 53.5 Å². The minimum absolute atomic E-state index is 0.165. The third-order valence-corrected chi connectivity index (χ3v) is 6.97. The summed E-state index contributed by atoms with van der Waals surface area (Å²) in [5.41, 5.74) is 2.11. The number of fused-ring (bicyclic) bond motifs is 2. The monoisotopic (exact) mass is 353 g/mol. The summed E-state index contributed by atoms with van der Waals surface area (Å²) in [7, 11) is 0. The van der Waals surface area contributed by atoms with Crippen LogP contribution in [0.4, 0.5) is 0 Å². The van der Waals surface area contributed by atoms with E-state index in [1.54, 1.807) is 0 Å². The predicted octanol–water partition coefficient (Wildman–Crippen LogP) is 2.50. The number of likely N-dealkylation sites (tertiary alicyclic amines) is 1. The van der Waals surface area contributed by atoms with E-state index >= 15 is 0 Å². The Kier molecular flexibility index (Phi) is 3.80. The number of pyridine rings is 1. The highest BCUT2D eigenvalue weighted by molar-refractivity contribution is 5.89. The molecule has 1 aliphatic carbocycles. The van der Waals surface area contributed by atoms with Crippen LogP contribution in [0, 0.1) is 18.8 Å². The summed E-state index contributed by atoms with van der Waals surface area (Å²) in [5, 5.41) is 0. The van der Waals surface area contributed by atoms with Crippen molar-refractivity contribution in [3.8, 4) is 0 Å². The maximum Gasteiger partial charge on any atom is 0.245 e. The Bertz CT molecular complexity index is 743. The molecule has 0 spiro atoms. The molecule has 138 valence electrons. The van der Waals surface area contributed by atoms with Crippen molar-refractivity contribution in [1.82, 2.24) is 14.8 Å². The van der Waals surface area contributed by atoms with Crippen LogP contribution < -0.4 is 0 Å². The van der Waals surface area contributed by atoms with Crippen molar-refractivity contribution >= 4 is 11.8 Å². The van der Waals surface area contributed by atoms with Crippen LogP contribution in [0.15, 0.2) is 18.2 Å². The van der Waals surface area contributed by atoms with E-state index in [1.807, 2.05) is 28.9 Å². The van der Waals surface area contributed by atoms with Gasteiger partial charge in [0, 0.05) is 42.9 Å². The standard InChI is InChI=1S/C21H27N3O2/c1-13-3-2-4-18(22-13)16-11-23(12-16)21(26)19-7-6-17-10-15-9-14(15)5-8-20(25)24(17)19/h2-4,14-17,19H,5-12H2,1H3/t14-,15+,17-,19+/m1/s1. The molecule has 3 saturated heterocycles. The summed E-state index contributed by atoms with van der Waals surface area (Å²) in [4.78, 5) is 34.3. The Morgan fingerprint density at radius 1 is 1.12 bits per heavy atom. The number of aryl methyl sites for hydroxylation is 1. The van der Waals surface area contributed by atoms with Crippen molar-refractivity contribution in [2.45, 2.75) is 63.5 Å². The number of carbonyl (C=O) groups excluding carboxylic acids is 2. The Balaban J connectivity index is 1.25. The molecule has 4 aliphatic rings. The van der Waals surface area contributed by atoms with E-state index in [-0.39, 0.29) is 17.9 Å². The van der Waals surface area contributed by atoms with Crippen molar-refractivity contribution in [2.75, 3.05) is 13.1 Å². The van der Waals surface area contributed by atoms with Crippen LogP contribution in [-0.4, -0.2) is 51.8 Å². The number of hydrogen-bond acceptors (Lipinski definition) is 3. The van der Waals surface area contributed by atoms with E-state index in [0.717, 1.165) is 62.0 Å². The summed E-state index contributed by atoms with van der Waals surface area (Å²) in [6, 6.07) is 6.19. The lowest BCUT2D eigenvalue weighted by Gasteiger charge is -2.42. The Labute approximate surface area is 154 Å². The van der Waals surface area contributed by atoms with Gasteiger partial charge in [-0.05, 0) is 63.0 Å². The number of amides is 2. The molecule has 1 aromatic rings. The highest BCUT2D eigenvalue weighted by atomic mass is 16.2. The molecule has 1 aromatic heterocycles. The van der Waals surface area contributed by atoms with Gasteiger partial charge in [-0.15, -0.1) is 0 Å². The van der Waals surface area contributed by atoms with Crippen LogP contribution in [0.3, 0.4) is 0 Å². The summed E-state index contributed by atoms with van der Waals surface area (Å²) in [6.45, 7) is 3.48. The zero-order valence-corrected chi connectivity index (χ0v) is 15.4. The van der Waals surface area contributed by atoms with Crippen LogP contribution in [0.2, 0.25) is 0 Å². The second-order valence-electron chi connectivity index (χ2n) is 8.72. The summed E-state index contributed by atoms with van der Waals surface area (Å²) in [6.07, 6.45) is 5.93. The lowest BCUT2D eigenvalue weighted by molar-refractivity contribution is -0.148. The summed E-state index contributed by atoms with van der Waals surface area (Å²) < 4.78 is 0. The molecule has 4 atom stereocenters. The zero-order valence-electron chi connectivity index (χ0n) is 15.4. The third-order valence-electron chi connectivity index (χ3n) is 6.97. The summed E-state index contributed by atoms with van der Waals surface area (Å²) in [5.74, 6) is 2.32. The molecule has 0 aromatic carbocycles. The van der Waals surface area contributed by atoms with Crippen molar-refractivity contribution in [2.24, 2.45) is 11.8 Å². The molecule has 5 rings (SSSR count). The fraction of sp³-hybridized carbons (Fsp3) is 0.667. The van der Waals surface area contributed by atoms with Gasteiger partial charge in [0.1, 0.15) is 6.04 Å². The molecular formula is C21H27N3O2. The fourth-order valence-electron chi connectivity index (χ4n) is 5.32. The average Bonchev–Trinajstić information content (AvgIpc) is 3.15. The maximum atomic E-state index is 13.1. The first-order valence-electron chi connectivity index (χ1n) is 10.1. The molecule has 2 amide bonds. The molecule has 0 N–H and O–H groups in total. The lowest BCUT2D eigenvalue weighted by atomic mass is 9.94. The van der Waals surface area contributed by atoms with E-state index < -0.39 is 0 Å². The van der Waals surface area contributed by atoms with Gasteiger partial charge in [0.2, 0.25) is 11.8 Å². The third kappa shape index (κ3) is 2.72. The van der Waals surface area contributed by atoms with E-state index in [0.29, 0.717) is 18.4 Å². The van der Waals surface area contributed by atoms with Gasteiger partial charge in [-0.3, -0.25) is 14.6 Å². The van der Waals surface area contributed by atoms with Crippen molar-refractivity contribution in [1.29, 1.82) is 0 Å². The molecule has 1 saturated carbocycles. The smallest absolute Gasteiger partial charge is 0.245 e. The largest absolute Gasteiger partial charge is 0.339 e. The van der Waals surface area contributed by atoms with Crippen LogP contribution in [-0.2, 0) is 9.59 Å². The number of hydrogen-bond donors (Lipinski definition) is 0. The first-order valence-corrected chi connectivity index (χ1v) is 10.1. The zero-order chi connectivity index (χ0) is 17.8. The first-order chi connectivity index (χ1) is 12.6. The average molecular weight is 353 g/mol. The molecule has 0 radical (unpaired) electrons. The lowest BCUT2D eigenvalue weighted by Crippen LogP contribution is -2.56. The second kappa shape index (κ2) is 6.07. The number of aromatic nitrogens is 1. The van der Waals surface area contributed by atoms with Crippen LogP contribution in [0.1, 0.15) is 55.8 Å². The van der Waals surface area contributed by atoms with Gasteiger partial charge in [0.05, 0.1) is 0 Å². The molecular weight excluding hydrogens is 326 g/mol. The Hall–Kier alpha value is -1.91. The SMILES string of the molecule is Cc1cccc(C2CN(C(=O)[C@@H]3CC[C@@H]4C[C@@H]5C[C@H]5CCC(=O)N43)C2)n1. The second-order valence-corrected chi connectivity index (χ2v) is 8.72. The van der Waals surface area contributed by atoms with E-state index in [1.165, 1.54) is 6.42 Å². The number of nitrogens with zero attached hydrogens (tertiary/aromatic N) is 3. The van der Waals surface area contributed by atoms with Crippen LogP contribution in [0.5, 0.6) is 0 Å². The van der Waals surface area contributed by atoms with Gasteiger partial charge in [0.25, 0.3) is 0 Å². The van der Waals surface area contributed by atoms with Gasteiger partial charge in [-0.1, -0.05) is 6.07 Å². The molecule has 4 fully saturated rings. The first kappa shape index (κ1) is 16.3. The van der Waals surface area contributed by atoms with Gasteiger partial charge < -0.3 is 9.80 Å². The quantitative estimate of drug-likeness (QED) is 0.821. The Morgan fingerprint density at radius 3 is 2.77 bits per heavy atom. The van der Waals surface area contributed by atoms with Gasteiger partial charge in [-0.2, -0.15) is 0 Å². The minimum atomic E-state index is -0.214. The van der Waals surface area contributed by atoms with E-state index in [9.17, 15) is 9.59 Å². The van der Waals surface area contributed by atoms with Crippen LogP contribution >= 0.6 is 0 Å². The van der Waals surface area contributed by atoms with Crippen molar-refractivity contribution in [3.05, 3.63) is 29.6 Å². The molecule has 5 heteroatoms. The molecule has 0 bridgehead atoms.